The van der Waals surface area contributed by atoms with Gasteiger partial charge in [0.15, 0.2) is 0 Å². The molecule has 72 valence electrons. The summed E-state index contributed by atoms with van der Waals surface area (Å²) in [5.74, 6) is 4.95. The molecule has 0 aromatic carbocycles. The molecule has 0 saturated heterocycles. The maximum absolute atomic E-state index is 11.1. The third kappa shape index (κ3) is 5.09. The van der Waals surface area contributed by atoms with E-state index < -0.39 is 0 Å². The molecule has 0 radical (unpaired) electrons. The lowest BCUT2D eigenvalue weighted by Gasteiger charge is -2.24. The smallest absolute Gasteiger partial charge is 0.220 e. The molecule has 0 rings (SSSR count). The Bertz CT molecular complexity index is 146. The van der Waals surface area contributed by atoms with Gasteiger partial charge >= 0.3 is 0 Å². The first kappa shape index (κ1) is 11.4. The van der Waals surface area contributed by atoms with Crippen LogP contribution in [0.15, 0.2) is 0 Å². The average molecular weight is 174 g/mol. The highest BCUT2D eigenvalue weighted by molar-refractivity contribution is 5.76. The number of hydrogen-bond acceptors (Lipinski definition) is 3. The summed E-state index contributed by atoms with van der Waals surface area (Å²) in [6.07, 6.45) is 1.40. The van der Waals surface area contributed by atoms with Crippen LogP contribution in [0.5, 0.6) is 0 Å². The molecule has 0 aliphatic rings. The van der Waals surface area contributed by atoms with Gasteiger partial charge in [0.05, 0.1) is 12.1 Å². The molecule has 0 fully saturated rings. The molecule has 3 N–H and O–H groups in total. The third-order valence-corrected chi connectivity index (χ3v) is 1.40. The topological polar surface area (TPSA) is 64.3 Å². The minimum absolute atomic E-state index is 0.0413. The number of nitrogens with one attached hydrogen (secondary N) is 1. The Hall–Kier alpha value is -0.610. The van der Waals surface area contributed by atoms with Crippen LogP contribution in [0, 0.1) is 0 Å². The monoisotopic (exact) mass is 174 g/mol. The summed E-state index contributed by atoms with van der Waals surface area (Å²) in [6, 6.07) is 0. The quantitative estimate of drug-likeness (QED) is 0.599. The zero-order valence-corrected chi connectivity index (χ0v) is 8.02. The molecule has 1 amide bonds. The van der Waals surface area contributed by atoms with E-state index in [0.29, 0.717) is 13.0 Å². The van der Waals surface area contributed by atoms with Crippen LogP contribution in [0.25, 0.3) is 0 Å². The van der Waals surface area contributed by atoms with Crippen molar-refractivity contribution < 1.29 is 9.63 Å². The zero-order valence-electron chi connectivity index (χ0n) is 8.02. The fourth-order valence-corrected chi connectivity index (χ4v) is 0.911. The van der Waals surface area contributed by atoms with Gasteiger partial charge in [-0.2, -0.15) is 0 Å². The number of nitrogens with two attached hydrogens (primary N) is 1. The van der Waals surface area contributed by atoms with E-state index in [1.54, 1.807) is 0 Å². The summed E-state index contributed by atoms with van der Waals surface area (Å²) in [6.45, 7) is 6.02. The minimum Gasteiger partial charge on any atom is -0.349 e. The second-order valence-electron chi connectivity index (χ2n) is 3.49. The fourth-order valence-electron chi connectivity index (χ4n) is 0.911. The van der Waals surface area contributed by atoms with Crippen molar-refractivity contribution in [3.63, 3.8) is 0 Å². The summed E-state index contributed by atoms with van der Waals surface area (Å²) in [7, 11) is 0. The van der Waals surface area contributed by atoms with E-state index in [-0.39, 0.29) is 11.4 Å². The Morgan fingerprint density at radius 3 is 2.58 bits per heavy atom. The van der Waals surface area contributed by atoms with Crippen molar-refractivity contribution in [3.8, 4) is 0 Å². The Kier molecular flexibility index (Phi) is 4.85. The molecule has 4 nitrogen and oxygen atoms in total. The largest absolute Gasteiger partial charge is 0.349 e. The van der Waals surface area contributed by atoms with Gasteiger partial charge in [-0.3, -0.25) is 4.79 Å². The molecule has 0 aliphatic carbocycles. The van der Waals surface area contributed by atoms with E-state index in [9.17, 15) is 4.79 Å². The molecule has 0 unspecified atom stereocenters. The van der Waals surface area contributed by atoms with E-state index in [1.165, 1.54) is 0 Å². The van der Waals surface area contributed by atoms with E-state index >= 15 is 0 Å². The Balaban J connectivity index is 3.79. The predicted molar refractivity (Wildman–Crippen MR) is 47.3 cm³/mol. The van der Waals surface area contributed by atoms with Crippen molar-refractivity contribution in [2.24, 2.45) is 5.90 Å². The highest BCUT2D eigenvalue weighted by atomic mass is 16.6. The number of rotatable bonds is 5. The molecule has 0 aromatic rings. The first-order chi connectivity index (χ1) is 5.52. The molecule has 4 heteroatoms. The van der Waals surface area contributed by atoms with Crippen molar-refractivity contribution in [1.82, 2.24) is 5.32 Å². The van der Waals surface area contributed by atoms with E-state index in [4.69, 9.17) is 5.90 Å². The lowest BCUT2D eigenvalue weighted by atomic mass is 10.1. The highest BCUT2D eigenvalue weighted by Gasteiger charge is 2.19. The van der Waals surface area contributed by atoms with Gasteiger partial charge in [0.2, 0.25) is 5.91 Å². The van der Waals surface area contributed by atoms with Crippen molar-refractivity contribution in [2.75, 3.05) is 6.61 Å². The molecular weight excluding hydrogens is 156 g/mol. The maximum atomic E-state index is 11.1. The van der Waals surface area contributed by atoms with Gasteiger partial charge in [0.1, 0.15) is 0 Å². The van der Waals surface area contributed by atoms with Crippen molar-refractivity contribution in [2.45, 2.75) is 39.2 Å². The Morgan fingerprint density at radius 1 is 1.58 bits per heavy atom. The lowest BCUT2D eigenvalue weighted by molar-refractivity contribution is -0.123. The summed E-state index contributed by atoms with van der Waals surface area (Å²) < 4.78 is 0. The molecular formula is C8H18N2O2. The fraction of sp³-hybridized carbons (Fsp3) is 0.875. The van der Waals surface area contributed by atoms with Crippen LogP contribution >= 0.6 is 0 Å². The first-order valence-corrected chi connectivity index (χ1v) is 4.14. The molecule has 0 aliphatic heterocycles. The van der Waals surface area contributed by atoms with Crippen molar-refractivity contribution in [1.29, 1.82) is 0 Å². The van der Waals surface area contributed by atoms with Crippen LogP contribution < -0.4 is 11.2 Å². The summed E-state index contributed by atoms with van der Waals surface area (Å²) in [5, 5.41) is 2.81. The minimum atomic E-state index is -0.374. The number of carbonyl (C=O) groups excluding carboxylic acids is 1. The summed E-state index contributed by atoms with van der Waals surface area (Å²) >= 11 is 0. The van der Waals surface area contributed by atoms with Gasteiger partial charge in [-0.05, 0) is 20.3 Å². The molecule has 0 saturated carbocycles. The standard InChI is InChI=1S/C8H18N2O2/c1-4-5-7(11)10-8(2,3)6-12-9/h4-6,9H2,1-3H3,(H,10,11). The lowest BCUT2D eigenvalue weighted by Crippen LogP contribution is -2.47. The predicted octanol–water partition coefficient (Wildman–Crippen LogP) is 0.572. The second kappa shape index (κ2) is 5.11. The Labute approximate surface area is 73.4 Å². The first-order valence-electron chi connectivity index (χ1n) is 4.14. The number of carbonyl (C=O) groups is 1. The molecule has 0 heterocycles. The normalized spacial score (nSPS) is 11.3. The third-order valence-electron chi connectivity index (χ3n) is 1.40. The molecule has 0 bridgehead atoms. The summed E-state index contributed by atoms with van der Waals surface area (Å²) in [4.78, 5) is 15.6. The van der Waals surface area contributed by atoms with Crippen LogP contribution in [0.1, 0.15) is 33.6 Å². The molecule has 12 heavy (non-hydrogen) atoms. The zero-order chi connectivity index (χ0) is 9.61. The van der Waals surface area contributed by atoms with Gasteiger partial charge < -0.3 is 10.2 Å². The second-order valence-corrected chi connectivity index (χ2v) is 3.49. The van der Waals surface area contributed by atoms with Gasteiger partial charge in [0, 0.05) is 6.42 Å². The van der Waals surface area contributed by atoms with Gasteiger partial charge in [0.25, 0.3) is 0 Å². The highest BCUT2D eigenvalue weighted by Crippen LogP contribution is 2.02. The van der Waals surface area contributed by atoms with Crippen molar-refractivity contribution in [3.05, 3.63) is 0 Å². The van der Waals surface area contributed by atoms with Crippen molar-refractivity contribution >= 4 is 5.91 Å². The number of hydrogen-bond donors (Lipinski definition) is 2. The van der Waals surface area contributed by atoms with Crippen LogP contribution in [0.2, 0.25) is 0 Å². The van der Waals surface area contributed by atoms with E-state index in [2.05, 4.69) is 10.2 Å². The maximum Gasteiger partial charge on any atom is 0.220 e. The average Bonchev–Trinajstić information content (AvgIpc) is 1.85. The summed E-state index contributed by atoms with van der Waals surface area (Å²) in [5.41, 5.74) is -0.374. The van der Waals surface area contributed by atoms with Crippen LogP contribution in [-0.2, 0) is 9.63 Å². The van der Waals surface area contributed by atoms with Crippen LogP contribution in [-0.4, -0.2) is 18.1 Å². The van der Waals surface area contributed by atoms with Gasteiger partial charge in [-0.25, -0.2) is 5.90 Å². The van der Waals surface area contributed by atoms with Crippen LogP contribution in [0.3, 0.4) is 0 Å². The van der Waals surface area contributed by atoms with E-state index in [0.717, 1.165) is 6.42 Å². The van der Waals surface area contributed by atoms with E-state index in [1.807, 2.05) is 20.8 Å². The molecule has 0 aromatic heterocycles. The van der Waals surface area contributed by atoms with Gasteiger partial charge in [-0.1, -0.05) is 6.92 Å². The number of amides is 1. The molecule has 0 atom stereocenters. The SMILES string of the molecule is CCCC(=O)NC(C)(C)CON. The Morgan fingerprint density at radius 2 is 2.17 bits per heavy atom. The molecule has 0 spiro atoms. The van der Waals surface area contributed by atoms with Gasteiger partial charge in [-0.15, -0.1) is 0 Å². The van der Waals surface area contributed by atoms with Crippen LogP contribution in [0.4, 0.5) is 0 Å².